The maximum atomic E-state index is 12.9. The summed E-state index contributed by atoms with van der Waals surface area (Å²) in [5.41, 5.74) is 8.37. The molecule has 43 heavy (non-hydrogen) atoms. The highest BCUT2D eigenvalue weighted by Gasteiger charge is 2.32. The van der Waals surface area contributed by atoms with E-state index in [9.17, 15) is 10.1 Å². The Morgan fingerprint density at radius 1 is 0.884 bits per heavy atom. The number of ether oxygens (including phenoxy) is 5. The van der Waals surface area contributed by atoms with Crippen molar-refractivity contribution in [3.63, 3.8) is 0 Å². The van der Waals surface area contributed by atoms with Gasteiger partial charge in [-0.2, -0.15) is 5.26 Å². The molecule has 0 radical (unpaired) electrons. The van der Waals surface area contributed by atoms with Crippen molar-refractivity contribution in [2.75, 3.05) is 20.3 Å². The molecule has 1 atom stereocenters. The van der Waals surface area contributed by atoms with E-state index in [1.165, 1.54) is 19.3 Å². The first-order valence-electron chi connectivity index (χ1n) is 15.0. The molecule has 0 aromatic heterocycles. The van der Waals surface area contributed by atoms with Crippen LogP contribution in [0.15, 0.2) is 72.1 Å². The van der Waals surface area contributed by atoms with Crippen molar-refractivity contribution in [1.82, 2.24) is 0 Å². The molecule has 0 amide bonds. The van der Waals surface area contributed by atoms with Crippen molar-refractivity contribution in [3.8, 4) is 34.8 Å². The second-order valence-electron chi connectivity index (χ2n) is 10.4. The first kappa shape index (κ1) is 31.3. The lowest BCUT2D eigenvalue weighted by atomic mass is 9.83. The third-order valence-electron chi connectivity index (χ3n) is 7.26. The molecule has 8 heteroatoms. The molecular formula is C35H40N2O6. The number of carbonyl (C=O) groups excluding carboxylic acids is 1. The number of nitrogens with two attached hydrogens (primary N) is 1. The van der Waals surface area contributed by atoms with E-state index in [0.29, 0.717) is 47.3 Å². The summed E-state index contributed by atoms with van der Waals surface area (Å²) in [7, 11) is 1.59. The van der Waals surface area contributed by atoms with E-state index >= 15 is 0 Å². The van der Waals surface area contributed by atoms with Crippen LogP contribution in [-0.2, 0) is 0 Å². The molecule has 4 rings (SSSR count). The summed E-state index contributed by atoms with van der Waals surface area (Å²) in [6.45, 7) is 5.47. The van der Waals surface area contributed by atoms with Crippen LogP contribution < -0.4 is 29.4 Å². The van der Waals surface area contributed by atoms with Crippen LogP contribution in [0.4, 0.5) is 0 Å². The van der Waals surface area contributed by atoms with Crippen LogP contribution in [0, 0.1) is 11.3 Å². The largest absolute Gasteiger partial charge is 0.494 e. The third-order valence-corrected chi connectivity index (χ3v) is 7.26. The molecule has 0 aliphatic carbocycles. The van der Waals surface area contributed by atoms with E-state index in [1.807, 2.05) is 24.3 Å². The van der Waals surface area contributed by atoms with E-state index in [4.69, 9.17) is 29.4 Å². The monoisotopic (exact) mass is 584 g/mol. The van der Waals surface area contributed by atoms with E-state index < -0.39 is 11.9 Å². The number of esters is 1. The Bertz CT molecular complexity index is 1480. The number of hydrogen-bond acceptors (Lipinski definition) is 8. The molecule has 3 aromatic rings. The van der Waals surface area contributed by atoms with Gasteiger partial charge in [-0.05, 0) is 54.8 Å². The molecule has 8 nitrogen and oxygen atoms in total. The van der Waals surface area contributed by atoms with Gasteiger partial charge in [0, 0.05) is 11.6 Å². The van der Waals surface area contributed by atoms with E-state index in [-0.39, 0.29) is 17.2 Å². The summed E-state index contributed by atoms with van der Waals surface area (Å²) in [5.74, 6) is 1.47. The average Bonchev–Trinajstić information content (AvgIpc) is 3.02. The predicted octanol–water partition coefficient (Wildman–Crippen LogP) is 7.66. The number of carbonyl (C=O) groups is 1. The van der Waals surface area contributed by atoms with Crippen LogP contribution in [0.3, 0.4) is 0 Å². The minimum absolute atomic E-state index is 0.00761. The van der Waals surface area contributed by atoms with Crippen molar-refractivity contribution in [1.29, 1.82) is 5.26 Å². The summed E-state index contributed by atoms with van der Waals surface area (Å²) in [4.78, 5) is 12.9. The lowest BCUT2D eigenvalue weighted by Crippen LogP contribution is -2.21. The Morgan fingerprint density at radius 3 is 2.44 bits per heavy atom. The summed E-state index contributed by atoms with van der Waals surface area (Å²) >= 11 is 0. The van der Waals surface area contributed by atoms with Crippen molar-refractivity contribution in [3.05, 3.63) is 88.8 Å². The number of fused-ring (bicyclic) bond motifs is 1. The van der Waals surface area contributed by atoms with Gasteiger partial charge in [-0.15, -0.1) is 0 Å². The molecule has 1 aliphatic heterocycles. The third kappa shape index (κ3) is 8.01. The highest BCUT2D eigenvalue weighted by atomic mass is 16.5. The maximum absolute atomic E-state index is 12.9. The molecule has 0 fully saturated rings. The molecular weight excluding hydrogens is 544 g/mol. The molecule has 2 N–H and O–H groups in total. The number of allylic oxidation sites excluding steroid dienone is 1. The van der Waals surface area contributed by atoms with Crippen LogP contribution in [0.1, 0.15) is 86.2 Å². The fraction of sp³-hybridized carbons (Fsp3) is 0.371. The average molecular weight is 585 g/mol. The van der Waals surface area contributed by atoms with Gasteiger partial charge in [-0.1, -0.05) is 64.2 Å². The van der Waals surface area contributed by atoms with Gasteiger partial charge in [0.05, 0.1) is 31.8 Å². The minimum atomic E-state index is -0.528. The SMILES string of the molecule is CCCCCCCOc1ccc(C2C(C#N)=C(N)Oc3cc(OC(=O)c4cccc(OCCCC)c4)ccc32)cc1OC. The van der Waals surface area contributed by atoms with Crippen LogP contribution >= 0.6 is 0 Å². The van der Waals surface area contributed by atoms with Crippen molar-refractivity contribution < 1.29 is 28.5 Å². The zero-order valence-electron chi connectivity index (χ0n) is 25.2. The second kappa shape index (κ2) is 15.5. The van der Waals surface area contributed by atoms with Crippen LogP contribution in [-0.4, -0.2) is 26.3 Å². The van der Waals surface area contributed by atoms with E-state index in [1.54, 1.807) is 43.5 Å². The highest BCUT2D eigenvalue weighted by molar-refractivity contribution is 5.91. The standard InChI is InChI=1S/C35H40N2O6/c1-4-6-8-9-10-19-41-30-17-14-24(21-32(30)39-3)33-28-16-15-27(22-31(28)43-34(37)29(33)23-36)42-35(38)25-12-11-13-26(20-25)40-18-7-5-2/h11-17,20-22,33H,4-10,18-19,37H2,1-3H3. The van der Waals surface area contributed by atoms with Crippen LogP contribution in [0.2, 0.25) is 0 Å². The summed E-state index contributed by atoms with van der Waals surface area (Å²) < 4.78 is 28.9. The summed E-state index contributed by atoms with van der Waals surface area (Å²) in [5, 5.41) is 9.99. The number of hydrogen-bond donors (Lipinski definition) is 1. The van der Waals surface area contributed by atoms with Crippen molar-refractivity contribution in [2.45, 2.75) is 64.7 Å². The first-order valence-corrected chi connectivity index (χ1v) is 15.0. The number of unbranched alkanes of at least 4 members (excludes halogenated alkanes) is 5. The zero-order valence-corrected chi connectivity index (χ0v) is 25.2. The lowest BCUT2D eigenvalue weighted by molar-refractivity contribution is 0.0734. The van der Waals surface area contributed by atoms with Crippen molar-refractivity contribution >= 4 is 5.97 Å². The number of nitrogens with zero attached hydrogens (tertiary/aromatic N) is 1. The second-order valence-corrected chi connectivity index (χ2v) is 10.4. The molecule has 0 bridgehead atoms. The van der Waals surface area contributed by atoms with Gasteiger partial charge in [0.25, 0.3) is 0 Å². The first-order chi connectivity index (χ1) is 21.0. The normalized spacial score (nSPS) is 13.9. The Hall–Kier alpha value is -4.64. The summed E-state index contributed by atoms with van der Waals surface area (Å²) in [6.07, 6.45) is 7.68. The molecule has 0 saturated heterocycles. The molecule has 0 saturated carbocycles. The number of benzene rings is 3. The smallest absolute Gasteiger partial charge is 0.343 e. The van der Waals surface area contributed by atoms with Gasteiger partial charge < -0.3 is 29.4 Å². The van der Waals surface area contributed by atoms with Gasteiger partial charge in [-0.3, -0.25) is 0 Å². The number of rotatable bonds is 15. The van der Waals surface area contributed by atoms with E-state index in [0.717, 1.165) is 31.2 Å². The Balaban J connectivity index is 1.53. The molecule has 1 aliphatic rings. The summed E-state index contributed by atoms with van der Waals surface area (Å²) in [6, 6.07) is 19.8. The molecule has 3 aromatic carbocycles. The lowest BCUT2D eigenvalue weighted by Gasteiger charge is -2.27. The van der Waals surface area contributed by atoms with Crippen LogP contribution in [0.5, 0.6) is 28.7 Å². The Morgan fingerprint density at radius 2 is 1.67 bits per heavy atom. The number of nitriles is 1. The number of methoxy groups -OCH3 is 1. The minimum Gasteiger partial charge on any atom is -0.494 e. The van der Waals surface area contributed by atoms with Crippen molar-refractivity contribution in [2.24, 2.45) is 5.73 Å². The molecule has 1 heterocycles. The molecule has 1 unspecified atom stereocenters. The fourth-order valence-corrected chi connectivity index (χ4v) is 4.93. The topological polar surface area (TPSA) is 113 Å². The molecule has 226 valence electrons. The Labute approximate surface area is 254 Å². The molecule has 0 spiro atoms. The van der Waals surface area contributed by atoms with E-state index in [2.05, 4.69) is 19.9 Å². The van der Waals surface area contributed by atoms with Gasteiger partial charge >= 0.3 is 5.97 Å². The Kier molecular flexibility index (Phi) is 11.3. The van der Waals surface area contributed by atoms with Gasteiger partial charge in [0.15, 0.2) is 11.5 Å². The quantitative estimate of drug-likeness (QED) is 0.110. The van der Waals surface area contributed by atoms with Crippen LogP contribution in [0.25, 0.3) is 0 Å². The van der Waals surface area contributed by atoms with Gasteiger partial charge in [-0.25, -0.2) is 4.79 Å². The van der Waals surface area contributed by atoms with Gasteiger partial charge in [0.2, 0.25) is 5.88 Å². The maximum Gasteiger partial charge on any atom is 0.343 e. The zero-order chi connectivity index (χ0) is 30.6. The predicted molar refractivity (Wildman–Crippen MR) is 165 cm³/mol. The fourth-order valence-electron chi connectivity index (χ4n) is 4.93. The highest BCUT2D eigenvalue weighted by Crippen LogP contribution is 2.45. The van der Waals surface area contributed by atoms with Gasteiger partial charge in [0.1, 0.15) is 28.9 Å².